The molecule has 1 saturated carbocycles. The predicted octanol–water partition coefficient (Wildman–Crippen LogP) is 2.33. The highest BCUT2D eigenvalue weighted by atomic mass is 16.7. The Morgan fingerprint density at radius 2 is 1.82 bits per heavy atom. The number of hydrogen-bond acceptors (Lipinski definition) is 2. The van der Waals surface area contributed by atoms with Crippen LogP contribution in [0.15, 0.2) is 0 Å². The van der Waals surface area contributed by atoms with Crippen LogP contribution in [0.1, 0.15) is 39.0 Å². The maximum atomic E-state index is 5.60. The van der Waals surface area contributed by atoms with E-state index < -0.39 is 0 Å². The van der Waals surface area contributed by atoms with Gasteiger partial charge in [0.15, 0.2) is 5.79 Å². The molecular formula is C9H18O2. The number of rotatable bonds is 3. The highest BCUT2D eigenvalue weighted by molar-refractivity contribution is 4.74. The third-order valence-electron chi connectivity index (χ3n) is 2.39. The van der Waals surface area contributed by atoms with Gasteiger partial charge in [-0.2, -0.15) is 0 Å². The maximum Gasteiger partial charge on any atom is 0.167 e. The van der Waals surface area contributed by atoms with Crippen LogP contribution in [0, 0.1) is 0 Å². The van der Waals surface area contributed by atoms with E-state index in [1.807, 2.05) is 6.92 Å². The molecule has 2 nitrogen and oxygen atoms in total. The summed E-state index contributed by atoms with van der Waals surface area (Å²) >= 11 is 0. The molecule has 0 bridgehead atoms. The Hall–Kier alpha value is -0.0800. The van der Waals surface area contributed by atoms with Crippen molar-refractivity contribution in [3.05, 3.63) is 0 Å². The summed E-state index contributed by atoms with van der Waals surface area (Å²) in [6.45, 7) is 2.78. The molecule has 66 valence electrons. The summed E-state index contributed by atoms with van der Waals surface area (Å²) in [5, 5.41) is 0. The van der Waals surface area contributed by atoms with Crippen molar-refractivity contribution in [3.8, 4) is 0 Å². The molecule has 0 aromatic rings. The smallest absolute Gasteiger partial charge is 0.167 e. The summed E-state index contributed by atoms with van der Waals surface area (Å²) in [5.41, 5.74) is 0. The lowest BCUT2D eigenvalue weighted by molar-refractivity contribution is -0.235. The van der Waals surface area contributed by atoms with Gasteiger partial charge in [-0.15, -0.1) is 0 Å². The minimum absolute atomic E-state index is 0.229. The van der Waals surface area contributed by atoms with Crippen molar-refractivity contribution in [2.45, 2.75) is 44.8 Å². The van der Waals surface area contributed by atoms with E-state index in [1.165, 1.54) is 19.3 Å². The lowest BCUT2D eigenvalue weighted by atomic mass is 9.94. The van der Waals surface area contributed by atoms with Crippen molar-refractivity contribution < 1.29 is 9.47 Å². The fraction of sp³-hybridized carbons (Fsp3) is 1.00. The van der Waals surface area contributed by atoms with Crippen LogP contribution in [-0.4, -0.2) is 19.5 Å². The molecule has 1 aliphatic rings. The summed E-state index contributed by atoms with van der Waals surface area (Å²) in [4.78, 5) is 0. The largest absolute Gasteiger partial charge is 0.353 e. The fourth-order valence-electron chi connectivity index (χ4n) is 1.76. The Morgan fingerprint density at radius 1 is 1.18 bits per heavy atom. The molecule has 0 heterocycles. The van der Waals surface area contributed by atoms with Crippen molar-refractivity contribution in [3.63, 3.8) is 0 Å². The van der Waals surface area contributed by atoms with Crippen LogP contribution in [0.5, 0.6) is 0 Å². The Labute approximate surface area is 68.9 Å². The van der Waals surface area contributed by atoms with Crippen molar-refractivity contribution in [2.24, 2.45) is 0 Å². The Balaban J connectivity index is 2.42. The topological polar surface area (TPSA) is 18.5 Å². The Kier molecular flexibility index (Phi) is 3.34. The lowest BCUT2D eigenvalue weighted by Gasteiger charge is -2.35. The molecule has 0 aromatic heterocycles. The molecule has 11 heavy (non-hydrogen) atoms. The van der Waals surface area contributed by atoms with Crippen molar-refractivity contribution in [1.29, 1.82) is 0 Å². The van der Waals surface area contributed by atoms with Crippen LogP contribution >= 0.6 is 0 Å². The van der Waals surface area contributed by atoms with E-state index in [9.17, 15) is 0 Å². The van der Waals surface area contributed by atoms with E-state index in [4.69, 9.17) is 9.47 Å². The van der Waals surface area contributed by atoms with Crippen LogP contribution < -0.4 is 0 Å². The van der Waals surface area contributed by atoms with Gasteiger partial charge < -0.3 is 9.47 Å². The first-order valence-corrected chi connectivity index (χ1v) is 4.52. The van der Waals surface area contributed by atoms with Gasteiger partial charge in [0.25, 0.3) is 0 Å². The highest BCUT2D eigenvalue weighted by Gasteiger charge is 2.31. The van der Waals surface area contributed by atoms with Gasteiger partial charge in [0.2, 0.25) is 0 Å². The van der Waals surface area contributed by atoms with Gasteiger partial charge in [0.1, 0.15) is 0 Å². The average molecular weight is 158 g/mol. The number of hydrogen-bond donors (Lipinski definition) is 0. The molecular weight excluding hydrogens is 140 g/mol. The molecule has 0 aromatic carbocycles. The SMILES string of the molecule is CCOC1(OC)CCCCC1. The molecule has 1 rings (SSSR count). The van der Waals surface area contributed by atoms with E-state index in [2.05, 4.69) is 0 Å². The van der Waals surface area contributed by atoms with Gasteiger partial charge in [-0.3, -0.25) is 0 Å². The third kappa shape index (κ3) is 2.17. The molecule has 0 unspecified atom stereocenters. The summed E-state index contributed by atoms with van der Waals surface area (Å²) in [7, 11) is 1.75. The normalized spacial score (nSPS) is 23.5. The molecule has 0 atom stereocenters. The van der Waals surface area contributed by atoms with Crippen LogP contribution in [0.3, 0.4) is 0 Å². The minimum Gasteiger partial charge on any atom is -0.353 e. The van der Waals surface area contributed by atoms with Gasteiger partial charge >= 0.3 is 0 Å². The predicted molar refractivity (Wildman–Crippen MR) is 44.5 cm³/mol. The molecule has 0 N–H and O–H groups in total. The first-order valence-electron chi connectivity index (χ1n) is 4.52. The van der Waals surface area contributed by atoms with Crippen LogP contribution in [0.4, 0.5) is 0 Å². The molecule has 0 radical (unpaired) electrons. The fourth-order valence-corrected chi connectivity index (χ4v) is 1.76. The van der Waals surface area contributed by atoms with Gasteiger partial charge in [-0.1, -0.05) is 6.42 Å². The summed E-state index contributed by atoms with van der Waals surface area (Å²) in [6, 6.07) is 0. The summed E-state index contributed by atoms with van der Waals surface area (Å²) < 4.78 is 11.0. The zero-order valence-corrected chi connectivity index (χ0v) is 7.56. The quantitative estimate of drug-likeness (QED) is 0.587. The van der Waals surface area contributed by atoms with Crippen LogP contribution in [-0.2, 0) is 9.47 Å². The van der Waals surface area contributed by atoms with Gasteiger partial charge in [0.05, 0.1) is 0 Å². The van der Waals surface area contributed by atoms with E-state index in [0.717, 1.165) is 19.4 Å². The van der Waals surface area contributed by atoms with E-state index in [0.29, 0.717) is 0 Å². The second-order valence-corrected chi connectivity index (χ2v) is 3.11. The zero-order valence-electron chi connectivity index (χ0n) is 7.56. The standard InChI is InChI=1S/C9H18O2/c1-3-11-9(10-2)7-5-4-6-8-9/h3-8H2,1-2H3. The molecule has 0 amide bonds. The van der Waals surface area contributed by atoms with Crippen molar-refractivity contribution >= 4 is 0 Å². The summed E-state index contributed by atoms with van der Waals surface area (Å²) in [5.74, 6) is -0.229. The third-order valence-corrected chi connectivity index (χ3v) is 2.39. The van der Waals surface area contributed by atoms with E-state index >= 15 is 0 Å². The van der Waals surface area contributed by atoms with Gasteiger partial charge in [-0.25, -0.2) is 0 Å². The second kappa shape index (κ2) is 4.07. The van der Waals surface area contributed by atoms with E-state index in [1.54, 1.807) is 7.11 Å². The maximum absolute atomic E-state index is 5.60. The monoisotopic (exact) mass is 158 g/mol. The van der Waals surface area contributed by atoms with E-state index in [-0.39, 0.29) is 5.79 Å². The van der Waals surface area contributed by atoms with Gasteiger partial charge in [-0.05, 0) is 19.8 Å². The minimum atomic E-state index is -0.229. The Bertz CT molecular complexity index is 101. The molecule has 1 aliphatic carbocycles. The highest BCUT2D eigenvalue weighted by Crippen LogP contribution is 2.31. The van der Waals surface area contributed by atoms with Crippen molar-refractivity contribution in [1.82, 2.24) is 0 Å². The van der Waals surface area contributed by atoms with Crippen LogP contribution in [0.2, 0.25) is 0 Å². The van der Waals surface area contributed by atoms with Gasteiger partial charge in [0, 0.05) is 26.6 Å². The van der Waals surface area contributed by atoms with Crippen molar-refractivity contribution in [2.75, 3.05) is 13.7 Å². The zero-order chi connectivity index (χ0) is 8.16. The molecule has 2 heteroatoms. The summed E-state index contributed by atoms with van der Waals surface area (Å²) in [6.07, 6.45) is 5.95. The second-order valence-electron chi connectivity index (χ2n) is 3.11. The molecule has 0 saturated heterocycles. The van der Waals surface area contributed by atoms with Crippen LogP contribution in [0.25, 0.3) is 0 Å². The number of ether oxygens (including phenoxy) is 2. The molecule has 0 spiro atoms. The lowest BCUT2D eigenvalue weighted by Crippen LogP contribution is -2.36. The Morgan fingerprint density at radius 3 is 2.27 bits per heavy atom. The molecule has 1 fully saturated rings. The first-order chi connectivity index (χ1) is 5.33. The average Bonchev–Trinajstić information content (AvgIpc) is 2.07. The molecule has 0 aliphatic heterocycles. The number of methoxy groups -OCH3 is 1. The first kappa shape index (κ1) is 9.01.